The number of hydrogen-bond acceptors (Lipinski definition) is 7. The smallest absolute Gasteiger partial charge is 0.280 e. The summed E-state index contributed by atoms with van der Waals surface area (Å²) in [4.78, 5) is 25.8. The molecule has 8 nitrogen and oxygen atoms in total. The van der Waals surface area contributed by atoms with Crippen molar-refractivity contribution in [2.45, 2.75) is 33.0 Å². The van der Waals surface area contributed by atoms with Crippen LogP contribution >= 0.6 is 0 Å². The van der Waals surface area contributed by atoms with Crippen LogP contribution in [0.1, 0.15) is 32.6 Å². The van der Waals surface area contributed by atoms with E-state index in [1.807, 2.05) is 13.8 Å². The molecule has 0 aromatic carbocycles. The summed E-state index contributed by atoms with van der Waals surface area (Å²) in [6.07, 6.45) is -0.0876. The highest BCUT2D eigenvalue weighted by Crippen LogP contribution is 2.16. The fraction of sp³-hybridized carbons (Fsp3) is 0.500. The standard InChI is InChI=1S/C10H13N5O3.C2H6/c1-4(18-2)7(16)5-3-12-8-6(13-5)9(17)15-10(11)14-8;1-2/h3-4,7,16H,1-2H3,(H3,11,12,14,15,17);1-2H3. The first-order valence-electron chi connectivity index (χ1n) is 6.26. The third-order valence-electron chi connectivity index (χ3n) is 2.57. The summed E-state index contributed by atoms with van der Waals surface area (Å²) in [6.45, 7) is 5.68. The molecule has 2 aromatic heterocycles. The Bertz CT molecular complexity index is 628. The lowest BCUT2D eigenvalue weighted by atomic mass is 10.1. The first-order valence-corrected chi connectivity index (χ1v) is 6.26. The SMILES string of the molecule is CC.COC(C)C(O)c1cnc2nc(N)[nH]c(=O)c2n1. The van der Waals surface area contributed by atoms with Crippen molar-refractivity contribution in [1.82, 2.24) is 19.9 Å². The molecule has 0 saturated heterocycles. The van der Waals surface area contributed by atoms with Crippen LogP contribution in [0.2, 0.25) is 0 Å². The van der Waals surface area contributed by atoms with Crippen molar-refractivity contribution < 1.29 is 9.84 Å². The number of nitrogens with one attached hydrogen (secondary N) is 1. The molecule has 110 valence electrons. The second-order valence-corrected chi connectivity index (χ2v) is 3.80. The van der Waals surface area contributed by atoms with Gasteiger partial charge in [0.25, 0.3) is 5.56 Å². The number of anilines is 1. The molecule has 0 aliphatic rings. The van der Waals surface area contributed by atoms with Gasteiger partial charge >= 0.3 is 0 Å². The zero-order valence-electron chi connectivity index (χ0n) is 11.9. The summed E-state index contributed by atoms with van der Waals surface area (Å²) >= 11 is 0. The molecule has 2 heterocycles. The molecule has 0 spiro atoms. The van der Waals surface area contributed by atoms with Gasteiger partial charge in [0, 0.05) is 7.11 Å². The Morgan fingerprint density at radius 3 is 2.65 bits per heavy atom. The summed E-state index contributed by atoms with van der Waals surface area (Å²) in [5.41, 5.74) is 5.30. The van der Waals surface area contributed by atoms with Gasteiger partial charge in [-0.25, -0.2) is 9.97 Å². The van der Waals surface area contributed by atoms with Gasteiger partial charge in [-0.2, -0.15) is 4.98 Å². The molecule has 0 aliphatic carbocycles. The first-order chi connectivity index (χ1) is 9.52. The zero-order valence-corrected chi connectivity index (χ0v) is 11.9. The van der Waals surface area contributed by atoms with E-state index >= 15 is 0 Å². The van der Waals surface area contributed by atoms with E-state index in [4.69, 9.17) is 10.5 Å². The van der Waals surface area contributed by atoms with E-state index in [-0.39, 0.29) is 22.8 Å². The number of fused-ring (bicyclic) bond motifs is 1. The predicted octanol–water partition coefficient (Wildman–Crippen LogP) is 0.390. The number of aliphatic hydroxyl groups is 1. The molecule has 0 bridgehead atoms. The van der Waals surface area contributed by atoms with Gasteiger partial charge in [0.1, 0.15) is 6.10 Å². The number of aliphatic hydroxyl groups excluding tert-OH is 1. The molecule has 0 fully saturated rings. The average Bonchev–Trinajstić information content (AvgIpc) is 2.47. The molecule has 0 radical (unpaired) electrons. The minimum absolute atomic E-state index is 0.0274. The van der Waals surface area contributed by atoms with E-state index < -0.39 is 17.8 Å². The van der Waals surface area contributed by atoms with Crippen LogP contribution < -0.4 is 11.3 Å². The highest BCUT2D eigenvalue weighted by Gasteiger charge is 2.19. The molecular weight excluding hydrogens is 262 g/mol. The second-order valence-electron chi connectivity index (χ2n) is 3.80. The van der Waals surface area contributed by atoms with Crippen LogP contribution in [-0.2, 0) is 4.74 Å². The van der Waals surface area contributed by atoms with E-state index in [9.17, 15) is 9.90 Å². The number of nitrogen functional groups attached to an aromatic ring is 1. The number of H-pyrrole nitrogens is 1. The predicted molar refractivity (Wildman–Crippen MR) is 75.1 cm³/mol. The van der Waals surface area contributed by atoms with Crippen LogP contribution in [0.5, 0.6) is 0 Å². The molecule has 2 unspecified atom stereocenters. The van der Waals surface area contributed by atoms with Gasteiger partial charge in [-0.1, -0.05) is 13.8 Å². The summed E-state index contributed by atoms with van der Waals surface area (Å²) in [5.74, 6) is -0.0274. The fourth-order valence-electron chi connectivity index (χ4n) is 1.46. The molecule has 0 amide bonds. The van der Waals surface area contributed by atoms with E-state index in [1.54, 1.807) is 6.92 Å². The van der Waals surface area contributed by atoms with Crippen LogP contribution in [-0.4, -0.2) is 38.3 Å². The van der Waals surface area contributed by atoms with Crippen molar-refractivity contribution in [1.29, 1.82) is 0 Å². The van der Waals surface area contributed by atoms with E-state index in [0.717, 1.165) is 0 Å². The van der Waals surface area contributed by atoms with Crippen LogP contribution in [0.3, 0.4) is 0 Å². The quantitative estimate of drug-likeness (QED) is 0.742. The molecule has 8 heteroatoms. The molecule has 0 saturated carbocycles. The Labute approximate surface area is 116 Å². The van der Waals surface area contributed by atoms with Gasteiger partial charge in [0.2, 0.25) is 5.95 Å². The number of nitrogens with zero attached hydrogens (tertiary/aromatic N) is 3. The number of aromatic nitrogens is 4. The summed E-state index contributed by atoms with van der Waals surface area (Å²) in [5, 5.41) is 9.91. The normalized spacial score (nSPS) is 13.4. The maximum Gasteiger partial charge on any atom is 0.280 e. The summed E-state index contributed by atoms with van der Waals surface area (Å²) < 4.78 is 4.99. The fourth-order valence-corrected chi connectivity index (χ4v) is 1.46. The lowest BCUT2D eigenvalue weighted by molar-refractivity contribution is -0.00361. The van der Waals surface area contributed by atoms with Crippen LogP contribution in [0, 0.1) is 0 Å². The maximum atomic E-state index is 11.6. The van der Waals surface area contributed by atoms with Gasteiger partial charge in [-0.3, -0.25) is 9.78 Å². The van der Waals surface area contributed by atoms with Crippen molar-refractivity contribution in [3.8, 4) is 0 Å². The lowest BCUT2D eigenvalue weighted by Crippen LogP contribution is -2.20. The van der Waals surface area contributed by atoms with Crippen molar-refractivity contribution in [2.75, 3.05) is 12.8 Å². The Morgan fingerprint density at radius 1 is 1.40 bits per heavy atom. The molecular formula is C12H19N5O3. The monoisotopic (exact) mass is 281 g/mol. The van der Waals surface area contributed by atoms with Crippen molar-refractivity contribution >= 4 is 17.1 Å². The number of ether oxygens (including phenoxy) is 1. The van der Waals surface area contributed by atoms with Gasteiger partial charge in [-0.15, -0.1) is 0 Å². The van der Waals surface area contributed by atoms with Crippen LogP contribution in [0.4, 0.5) is 5.95 Å². The second kappa shape index (κ2) is 6.92. The van der Waals surface area contributed by atoms with Crippen molar-refractivity contribution in [3.05, 3.63) is 22.2 Å². The average molecular weight is 281 g/mol. The lowest BCUT2D eigenvalue weighted by Gasteiger charge is -2.16. The Balaban J connectivity index is 0.000000956. The highest BCUT2D eigenvalue weighted by atomic mass is 16.5. The summed E-state index contributed by atoms with van der Waals surface area (Å²) in [6, 6.07) is 0. The summed E-state index contributed by atoms with van der Waals surface area (Å²) in [7, 11) is 1.47. The Kier molecular flexibility index (Phi) is 5.53. The van der Waals surface area contributed by atoms with Gasteiger partial charge in [0.05, 0.1) is 18.0 Å². The third-order valence-corrected chi connectivity index (χ3v) is 2.57. The van der Waals surface area contributed by atoms with E-state index in [2.05, 4.69) is 19.9 Å². The number of rotatable bonds is 3. The minimum atomic E-state index is -0.969. The molecule has 2 rings (SSSR count). The molecule has 20 heavy (non-hydrogen) atoms. The molecule has 2 aromatic rings. The first kappa shape index (κ1) is 16.0. The number of aromatic amines is 1. The largest absolute Gasteiger partial charge is 0.384 e. The van der Waals surface area contributed by atoms with Crippen LogP contribution in [0.15, 0.2) is 11.0 Å². The molecule has 0 aliphatic heterocycles. The Hall–Kier alpha value is -2.06. The van der Waals surface area contributed by atoms with Gasteiger partial charge in [0.15, 0.2) is 11.2 Å². The Morgan fingerprint density at radius 2 is 2.05 bits per heavy atom. The third kappa shape index (κ3) is 3.28. The number of methoxy groups -OCH3 is 1. The van der Waals surface area contributed by atoms with E-state index in [0.29, 0.717) is 0 Å². The van der Waals surface area contributed by atoms with Crippen molar-refractivity contribution in [2.24, 2.45) is 0 Å². The topological polar surface area (TPSA) is 127 Å². The molecule has 2 atom stereocenters. The highest BCUT2D eigenvalue weighted by molar-refractivity contribution is 5.69. The number of nitrogens with two attached hydrogens (primary N) is 1. The minimum Gasteiger partial charge on any atom is -0.384 e. The maximum absolute atomic E-state index is 11.6. The van der Waals surface area contributed by atoms with E-state index in [1.165, 1.54) is 13.3 Å². The van der Waals surface area contributed by atoms with Gasteiger partial charge < -0.3 is 15.6 Å². The zero-order chi connectivity index (χ0) is 15.3. The molecule has 4 N–H and O–H groups in total. The van der Waals surface area contributed by atoms with Crippen LogP contribution in [0.25, 0.3) is 11.2 Å². The van der Waals surface area contributed by atoms with Gasteiger partial charge in [-0.05, 0) is 6.92 Å². The number of hydrogen-bond donors (Lipinski definition) is 3. The van der Waals surface area contributed by atoms with Crippen molar-refractivity contribution in [3.63, 3.8) is 0 Å².